The first-order chi connectivity index (χ1) is 8.44. The summed E-state index contributed by atoms with van der Waals surface area (Å²) in [7, 11) is 3.46. The van der Waals surface area contributed by atoms with Gasteiger partial charge in [0.15, 0.2) is 0 Å². The minimum absolute atomic E-state index is 0.160. The van der Waals surface area contributed by atoms with Crippen molar-refractivity contribution in [3.05, 3.63) is 23.8 Å². The fraction of sp³-hybridized carbons (Fsp3) is 0.625. The fourth-order valence-corrected chi connectivity index (χ4v) is 3.24. The third-order valence-electron chi connectivity index (χ3n) is 4.97. The molecule has 0 aromatic heterocycles. The lowest BCUT2D eigenvalue weighted by atomic mass is 9.65. The molecule has 18 heavy (non-hydrogen) atoms. The van der Waals surface area contributed by atoms with Crippen molar-refractivity contribution in [2.45, 2.75) is 45.4 Å². The van der Waals surface area contributed by atoms with E-state index in [0.717, 1.165) is 11.5 Å². The molecule has 0 amide bonds. The lowest BCUT2D eigenvalue weighted by Gasteiger charge is -2.40. The Labute approximate surface area is 110 Å². The van der Waals surface area contributed by atoms with Gasteiger partial charge in [0.2, 0.25) is 0 Å². The SMILES string of the molecule is COc1ccc(OC)c([C@@]2(C)CCCC2(C)C)c1. The lowest BCUT2D eigenvalue weighted by Crippen LogP contribution is -2.34. The summed E-state index contributed by atoms with van der Waals surface area (Å²) >= 11 is 0. The van der Waals surface area contributed by atoms with E-state index in [1.807, 2.05) is 12.1 Å². The van der Waals surface area contributed by atoms with E-state index in [2.05, 4.69) is 26.8 Å². The monoisotopic (exact) mass is 248 g/mol. The van der Waals surface area contributed by atoms with Gasteiger partial charge in [-0.05, 0) is 36.5 Å². The van der Waals surface area contributed by atoms with Crippen molar-refractivity contribution in [3.8, 4) is 11.5 Å². The summed E-state index contributed by atoms with van der Waals surface area (Å²) in [6, 6.07) is 6.13. The predicted octanol–water partition coefficient (Wildman–Crippen LogP) is 4.17. The molecule has 1 atom stereocenters. The van der Waals surface area contributed by atoms with E-state index in [1.54, 1.807) is 14.2 Å². The lowest BCUT2D eigenvalue weighted by molar-refractivity contribution is 0.217. The fourth-order valence-electron chi connectivity index (χ4n) is 3.24. The van der Waals surface area contributed by atoms with Crippen molar-refractivity contribution in [1.29, 1.82) is 0 Å². The van der Waals surface area contributed by atoms with Crippen LogP contribution in [0.4, 0.5) is 0 Å². The van der Waals surface area contributed by atoms with E-state index in [0.29, 0.717) is 5.41 Å². The van der Waals surface area contributed by atoms with Crippen molar-refractivity contribution >= 4 is 0 Å². The third kappa shape index (κ3) is 1.88. The highest BCUT2D eigenvalue weighted by Crippen LogP contribution is 2.56. The zero-order valence-electron chi connectivity index (χ0n) is 12.2. The molecule has 0 heterocycles. The van der Waals surface area contributed by atoms with E-state index in [-0.39, 0.29) is 5.41 Å². The van der Waals surface area contributed by atoms with Gasteiger partial charge >= 0.3 is 0 Å². The highest BCUT2D eigenvalue weighted by atomic mass is 16.5. The van der Waals surface area contributed by atoms with Crippen LogP contribution in [-0.4, -0.2) is 14.2 Å². The van der Waals surface area contributed by atoms with Crippen LogP contribution in [0.5, 0.6) is 11.5 Å². The maximum atomic E-state index is 5.56. The molecule has 0 aliphatic heterocycles. The van der Waals surface area contributed by atoms with Gasteiger partial charge in [-0.3, -0.25) is 0 Å². The van der Waals surface area contributed by atoms with Gasteiger partial charge in [0.05, 0.1) is 14.2 Å². The number of rotatable bonds is 3. The first-order valence-electron chi connectivity index (χ1n) is 6.67. The van der Waals surface area contributed by atoms with E-state index in [9.17, 15) is 0 Å². The minimum Gasteiger partial charge on any atom is -0.497 e. The van der Waals surface area contributed by atoms with Gasteiger partial charge in [0.1, 0.15) is 11.5 Å². The zero-order valence-corrected chi connectivity index (χ0v) is 12.2. The van der Waals surface area contributed by atoms with Gasteiger partial charge in [0.25, 0.3) is 0 Å². The largest absolute Gasteiger partial charge is 0.497 e. The third-order valence-corrected chi connectivity index (χ3v) is 4.97. The smallest absolute Gasteiger partial charge is 0.122 e. The Kier molecular flexibility index (Phi) is 3.31. The Balaban J connectivity index is 2.55. The number of methoxy groups -OCH3 is 2. The molecule has 1 aliphatic carbocycles. The molecule has 0 saturated heterocycles. The Hall–Kier alpha value is -1.18. The molecular formula is C16H24O2. The van der Waals surface area contributed by atoms with Crippen molar-refractivity contribution < 1.29 is 9.47 Å². The highest BCUT2D eigenvalue weighted by Gasteiger charge is 2.47. The second-order valence-corrected chi connectivity index (χ2v) is 6.14. The van der Waals surface area contributed by atoms with Crippen LogP contribution in [-0.2, 0) is 5.41 Å². The number of hydrogen-bond acceptors (Lipinski definition) is 2. The molecule has 0 spiro atoms. The van der Waals surface area contributed by atoms with Crippen LogP contribution in [0.2, 0.25) is 0 Å². The average molecular weight is 248 g/mol. The Bertz CT molecular complexity index is 437. The van der Waals surface area contributed by atoms with Crippen molar-refractivity contribution in [3.63, 3.8) is 0 Å². The Morgan fingerprint density at radius 3 is 2.22 bits per heavy atom. The van der Waals surface area contributed by atoms with Crippen LogP contribution >= 0.6 is 0 Å². The van der Waals surface area contributed by atoms with Crippen molar-refractivity contribution in [2.24, 2.45) is 5.41 Å². The molecule has 0 bridgehead atoms. The number of hydrogen-bond donors (Lipinski definition) is 0. The summed E-state index contributed by atoms with van der Waals surface area (Å²) in [5, 5.41) is 0. The maximum Gasteiger partial charge on any atom is 0.122 e. The van der Waals surface area contributed by atoms with Gasteiger partial charge in [0, 0.05) is 11.0 Å². The van der Waals surface area contributed by atoms with Gasteiger partial charge in [-0.25, -0.2) is 0 Å². The minimum atomic E-state index is 0.160. The second kappa shape index (κ2) is 4.49. The molecule has 1 aromatic carbocycles. The normalized spacial score (nSPS) is 26.1. The van der Waals surface area contributed by atoms with Crippen LogP contribution in [0.3, 0.4) is 0 Å². The maximum absolute atomic E-state index is 5.56. The molecule has 2 heteroatoms. The molecule has 1 aromatic rings. The molecule has 1 saturated carbocycles. The van der Waals surface area contributed by atoms with E-state index in [4.69, 9.17) is 9.47 Å². The van der Waals surface area contributed by atoms with E-state index < -0.39 is 0 Å². The Morgan fingerprint density at radius 2 is 1.72 bits per heavy atom. The van der Waals surface area contributed by atoms with Gasteiger partial charge in [-0.15, -0.1) is 0 Å². The summed E-state index contributed by atoms with van der Waals surface area (Å²) in [5.74, 6) is 1.89. The quantitative estimate of drug-likeness (QED) is 0.799. The first kappa shape index (κ1) is 13.3. The molecule has 0 unspecified atom stereocenters. The summed E-state index contributed by atoms with van der Waals surface area (Å²) in [4.78, 5) is 0. The molecule has 100 valence electrons. The van der Waals surface area contributed by atoms with Crippen LogP contribution in [0, 0.1) is 5.41 Å². The predicted molar refractivity (Wildman–Crippen MR) is 74.5 cm³/mol. The number of benzene rings is 1. The van der Waals surface area contributed by atoms with Crippen LogP contribution in [0.15, 0.2) is 18.2 Å². The Morgan fingerprint density at radius 1 is 1.00 bits per heavy atom. The second-order valence-electron chi connectivity index (χ2n) is 6.14. The molecule has 1 aliphatic rings. The first-order valence-corrected chi connectivity index (χ1v) is 6.67. The van der Waals surface area contributed by atoms with E-state index in [1.165, 1.54) is 24.8 Å². The molecule has 2 rings (SSSR count). The molecule has 0 radical (unpaired) electrons. The molecular weight excluding hydrogens is 224 g/mol. The summed E-state index contributed by atoms with van der Waals surface area (Å²) in [6.45, 7) is 7.08. The number of ether oxygens (including phenoxy) is 2. The highest BCUT2D eigenvalue weighted by molar-refractivity contribution is 5.46. The molecule has 1 fully saturated rings. The van der Waals surface area contributed by atoms with Crippen LogP contribution in [0.1, 0.15) is 45.6 Å². The standard InChI is InChI=1S/C16H24O2/c1-15(2)9-6-10-16(15,3)13-11-12(17-4)7-8-14(13)18-5/h7-8,11H,6,9-10H2,1-5H3/t16-/m1/s1. The summed E-state index contributed by atoms with van der Waals surface area (Å²) in [5.41, 5.74) is 1.74. The summed E-state index contributed by atoms with van der Waals surface area (Å²) in [6.07, 6.45) is 3.76. The summed E-state index contributed by atoms with van der Waals surface area (Å²) < 4.78 is 10.9. The van der Waals surface area contributed by atoms with Crippen molar-refractivity contribution in [2.75, 3.05) is 14.2 Å². The average Bonchev–Trinajstić information content (AvgIpc) is 2.64. The van der Waals surface area contributed by atoms with Crippen LogP contribution in [0.25, 0.3) is 0 Å². The zero-order chi connectivity index (χ0) is 13.4. The van der Waals surface area contributed by atoms with Gasteiger partial charge in [-0.1, -0.05) is 27.2 Å². The van der Waals surface area contributed by atoms with Crippen molar-refractivity contribution in [1.82, 2.24) is 0 Å². The molecule has 0 N–H and O–H groups in total. The molecule has 2 nitrogen and oxygen atoms in total. The van der Waals surface area contributed by atoms with Crippen LogP contribution < -0.4 is 9.47 Å². The van der Waals surface area contributed by atoms with Gasteiger partial charge in [-0.2, -0.15) is 0 Å². The topological polar surface area (TPSA) is 18.5 Å². The van der Waals surface area contributed by atoms with E-state index >= 15 is 0 Å². The van der Waals surface area contributed by atoms with Gasteiger partial charge < -0.3 is 9.47 Å².